The van der Waals surface area contributed by atoms with Gasteiger partial charge in [0.05, 0.1) is 11.1 Å². The van der Waals surface area contributed by atoms with Crippen molar-refractivity contribution in [3.05, 3.63) is 29.8 Å². The zero-order valence-electron chi connectivity index (χ0n) is 9.12. The van der Waals surface area contributed by atoms with E-state index in [-0.39, 0.29) is 11.6 Å². The van der Waals surface area contributed by atoms with Gasteiger partial charge >= 0.3 is 0 Å². The van der Waals surface area contributed by atoms with Gasteiger partial charge in [-0.05, 0) is 32.9 Å². The summed E-state index contributed by atoms with van der Waals surface area (Å²) in [6.45, 7) is 6.05. The summed E-state index contributed by atoms with van der Waals surface area (Å²) >= 11 is 6.17. The highest BCUT2D eigenvalue weighted by Gasteiger charge is 2.31. The Hall–Kier alpha value is -1.02. The highest BCUT2D eigenvalue weighted by molar-refractivity contribution is 6.70. The molecule has 2 nitrogen and oxygen atoms in total. The van der Waals surface area contributed by atoms with E-state index < -0.39 is 0 Å². The lowest BCUT2D eigenvalue weighted by Crippen LogP contribution is -2.35. The minimum Gasteiger partial charge on any atom is -0.487 e. The van der Waals surface area contributed by atoms with Crippen LogP contribution in [0.4, 0.5) is 0 Å². The third kappa shape index (κ3) is 1.86. The third-order valence-electron chi connectivity index (χ3n) is 2.79. The van der Waals surface area contributed by atoms with Crippen molar-refractivity contribution in [1.82, 2.24) is 0 Å². The molecule has 3 heteroatoms. The Bertz CT molecular complexity index is 412. The monoisotopic (exact) mass is 223 g/mol. The van der Waals surface area contributed by atoms with Crippen molar-refractivity contribution in [3.8, 4) is 5.75 Å². The molecule has 0 fully saturated rings. The molecule has 1 aromatic carbocycles. The summed E-state index contributed by atoms with van der Waals surface area (Å²) in [6.07, 6.45) is 0.00917. The van der Waals surface area contributed by atoms with E-state index >= 15 is 0 Å². The summed E-state index contributed by atoms with van der Waals surface area (Å²) in [5.41, 5.74) is 0.576. The maximum Gasteiger partial charge on any atom is 0.135 e. The Labute approximate surface area is 94.9 Å². The number of ether oxygens (including phenoxy) is 1. The molecule has 2 rings (SSSR count). The maximum atomic E-state index is 6.17. The highest BCUT2D eigenvalue weighted by Crippen LogP contribution is 2.30. The molecule has 0 radical (unpaired) electrons. The molecule has 0 aromatic heterocycles. The van der Waals surface area contributed by atoms with Crippen LogP contribution in [-0.4, -0.2) is 16.8 Å². The summed E-state index contributed by atoms with van der Waals surface area (Å²) < 4.78 is 5.84. The lowest BCUT2D eigenvalue weighted by atomic mass is 10.00. The van der Waals surface area contributed by atoms with Crippen LogP contribution in [0.5, 0.6) is 5.75 Å². The predicted molar refractivity (Wildman–Crippen MR) is 63.0 cm³/mol. The van der Waals surface area contributed by atoms with E-state index in [0.29, 0.717) is 5.17 Å². The third-order valence-corrected chi connectivity index (χ3v) is 3.08. The van der Waals surface area contributed by atoms with Crippen molar-refractivity contribution >= 4 is 16.8 Å². The van der Waals surface area contributed by atoms with Gasteiger partial charge in [-0.15, -0.1) is 0 Å². The number of para-hydroxylation sites is 1. The van der Waals surface area contributed by atoms with Crippen molar-refractivity contribution in [3.63, 3.8) is 0 Å². The van der Waals surface area contributed by atoms with Gasteiger partial charge in [0.15, 0.2) is 0 Å². The molecule has 0 amide bonds. The first-order chi connectivity index (χ1) is 7.00. The lowest BCUT2D eigenvalue weighted by Gasteiger charge is -2.26. The number of benzene rings is 1. The smallest absolute Gasteiger partial charge is 0.135 e. The fourth-order valence-electron chi connectivity index (χ4n) is 1.48. The average Bonchev–Trinajstić information content (AvgIpc) is 2.24. The molecule has 80 valence electrons. The lowest BCUT2D eigenvalue weighted by molar-refractivity contribution is 0.151. The maximum absolute atomic E-state index is 6.17. The number of fused-ring (bicyclic) bond motifs is 1. The number of aliphatic imine (C=N–C) groups is 1. The van der Waals surface area contributed by atoms with Crippen molar-refractivity contribution in [2.24, 2.45) is 4.99 Å². The SMILES string of the molecule is CC1Oc2ccccc2C(Cl)=NC1(C)C. The normalized spacial score (nSPS) is 23.5. The second kappa shape index (κ2) is 3.53. The molecule has 0 bridgehead atoms. The zero-order valence-corrected chi connectivity index (χ0v) is 9.88. The van der Waals surface area contributed by atoms with Gasteiger partial charge in [0.25, 0.3) is 0 Å². The zero-order chi connectivity index (χ0) is 11.1. The molecule has 0 aliphatic carbocycles. The summed E-state index contributed by atoms with van der Waals surface area (Å²) in [7, 11) is 0. The second-order valence-corrected chi connectivity index (χ2v) is 4.67. The molecule has 1 aromatic rings. The molecule has 0 saturated heterocycles. The minimum atomic E-state index is -0.296. The van der Waals surface area contributed by atoms with Gasteiger partial charge < -0.3 is 4.74 Å². The van der Waals surface area contributed by atoms with Crippen LogP contribution in [-0.2, 0) is 0 Å². The molecular formula is C12H14ClNO. The van der Waals surface area contributed by atoms with E-state index in [9.17, 15) is 0 Å². The molecule has 1 aliphatic heterocycles. The quantitative estimate of drug-likeness (QED) is 0.662. The Morgan fingerprint density at radius 2 is 2.00 bits per heavy atom. The fraction of sp³-hybridized carbons (Fsp3) is 0.417. The molecule has 1 unspecified atom stereocenters. The van der Waals surface area contributed by atoms with Crippen LogP contribution in [0.3, 0.4) is 0 Å². The van der Waals surface area contributed by atoms with Crippen LogP contribution in [0, 0.1) is 0 Å². The fourth-order valence-corrected chi connectivity index (χ4v) is 1.85. The number of nitrogens with zero attached hydrogens (tertiary/aromatic N) is 1. The number of hydrogen-bond acceptors (Lipinski definition) is 2. The predicted octanol–water partition coefficient (Wildman–Crippen LogP) is 3.23. The summed E-state index contributed by atoms with van der Waals surface area (Å²) in [4.78, 5) is 4.49. The molecule has 0 N–H and O–H groups in total. The van der Waals surface area contributed by atoms with Crippen LogP contribution in [0.1, 0.15) is 26.3 Å². The van der Waals surface area contributed by atoms with Crippen LogP contribution < -0.4 is 4.74 Å². The van der Waals surface area contributed by atoms with Crippen molar-refractivity contribution < 1.29 is 4.74 Å². The van der Waals surface area contributed by atoms with E-state index in [1.54, 1.807) is 0 Å². The molecule has 0 saturated carbocycles. The average molecular weight is 224 g/mol. The van der Waals surface area contributed by atoms with Gasteiger partial charge in [0.1, 0.15) is 17.0 Å². The Morgan fingerprint density at radius 1 is 1.33 bits per heavy atom. The van der Waals surface area contributed by atoms with Crippen LogP contribution in [0.15, 0.2) is 29.3 Å². The van der Waals surface area contributed by atoms with E-state index in [1.165, 1.54) is 0 Å². The minimum absolute atomic E-state index is 0.00917. The largest absolute Gasteiger partial charge is 0.487 e. The Kier molecular flexibility index (Phi) is 2.47. The Balaban J connectivity index is 2.55. The number of halogens is 1. The summed E-state index contributed by atoms with van der Waals surface area (Å²) in [5, 5.41) is 0.528. The topological polar surface area (TPSA) is 21.6 Å². The molecule has 1 atom stereocenters. The van der Waals surface area contributed by atoms with Gasteiger partial charge in [-0.2, -0.15) is 0 Å². The van der Waals surface area contributed by atoms with Crippen molar-refractivity contribution in [2.45, 2.75) is 32.4 Å². The van der Waals surface area contributed by atoms with Gasteiger partial charge in [0.2, 0.25) is 0 Å². The Morgan fingerprint density at radius 3 is 2.73 bits per heavy atom. The second-order valence-electron chi connectivity index (χ2n) is 4.31. The van der Waals surface area contributed by atoms with E-state index in [0.717, 1.165) is 11.3 Å². The molecule has 15 heavy (non-hydrogen) atoms. The van der Waals surface area contributed by atoms with Gasteiger partial charge in [-0.1, -0.05) is 23.7 Å². The highest BCUT2D eigenvalue weighted by atomic mass is 35.5. The first-order valence-electron chi connectivity index (χ1n) is 5.02. The number of rotatable bonds is 0. The van der Waals surface area contributed by atoms with E-state index in [2.05, 4.69) is 4.99 Å². The standard InChI is InChI=1S/C12H14ClNO/c1-8-12(2,3)14-11(13)9-6-4-5-7-10(9)15-8/h4-8H,1-3H3. The van der Waals surface area contributed by atoms with Gasteiger partial charge in [-0.25, -0.2) is 0 Å². The molecule has 0 spiro atoms. The first kappa shape index (κ1) is 10.5. The van der Waals surface area contributed by atoms with Crippen LogP contribution in [0.2, 0.25) is 0 Å². The van der Waals surface area contributed by atoms with E-state index in [1.807, 2.05) is 45.0 Å². The van der Waals surface area contributed by atoms with E-state index in [4.69, 9.17) is 16.3 Å². The molecule has 1 aliphatic rings. The van der Waals surface area contributed by atoms with Crippen molar-refractivity contribution in [2.75, 3.05) is 0 Å². The van der Waals surface area contributed by atoms with Crippen molar-refractivity contribution in [1.29, 1.82) is 0 Å². The molecular weight excluding hydrogens is 210 g/mol. The van der Waals surface area contributed by atoms with Crippen LogP contribution in [0.25, 0.3) is 0 Å². The first-order valence-corrected chi connectivity index (χ1v) is 5.40. The molecule has 1 heterocycles. The summed E-state index contributed by atoms with van der Waals surface area (Å²) in [6, 6.07) is 7.72. The number of hydrogen-bond donors (Lipinski definition) is 0. The van der Waals surface area contributed by atoms with Gasteiger partial charge in [0, 0.05) is 0 Å². The van der Waals surface area contributed by atoms with Gasteiger partial charge in [-0.3, -0.25) is 4.99 Å². The van der Waals surface area contributed by atoms with Crippen LogP contribution >= 0.6 is 11.6 Å². The summed E-state index contributed by atoms with van der Waals surface area (Å²) in [5.74, 6) is 0.810.